The lowest BCUT2D eigenvalue weighted by Crippen LogP contribution is -2.38. The highest BCUT2D eigenvalue weighted by atomic mass is 19.1. The number of hydrogen-bond donors (Lipinski definition) is 1. The maximum absolute atomic E-state index is 13.9. The molecular weight excluding hydrogens is 303 g/mol. The third-order valence-corrected chi connectivity index (χ3v) is 3.34. The van der Waals surface area contributed by atoms with E-state index in [2.05, 4.69) is 0 Å². The summed E-state index contributed by atoms with van der Waals surface area (Å²) in [5.74, 6) is -1.57. The fourth-order valence-electron chi connectivity index (χ4n) is 2.45. The van der Waals surface area contributed by atoms with E-state index in [4.69, 9.17) is 0 Å². The Hall–Kier alpha value is -1.85. The molecule has 2 nitrogen and oxygen atoms in total. The molecule has 0 atom stereocenters. The molecule has 1 N–H and O–H groups in total. The number of halogens is 3. The summed E-state index contributed by atoms with van der Waals surface area (Å²) in [6.07, 6.45) is 0. The zero-order valence-corrected chi connectivity index (χ0v) is 13.2. The molecule has 0 radical (unpaired) electrons. The third kappa shape index (κ3) is 5.69. The Bertz CT molecular complexity index is 650. The molecule has 0 aliphatic heterocycles. The highest BCUT2D eigenvalue weighted by Gasteiger charge is 2.20. The van der Waals surface area contributed by atoms with Crippen LogP contribution in [0.3, 0.4) is 0 Å². The average molecular weight is 323 g/mol. The zero-order chi connectivity index (χ0) is 17.0. The molecule has 0 saturated carbocycles. The van der Waals surface area contributed by atoms with Crippen LogP contribution in [0.25, 0.3) is 0 Å². The number of rotatable bonds is 6. The lowest BCUT2D eigenvalue weighted by atomic mass is 10.1. The Kier molecular flexibility index (Phi) is 5.44. The van der Waals surface area contributed by atoms with Crippen molar-refractivity contribution >= 4 is 0 Å². The van der Waals surface area contributed by atoms with Gasteiger partial charge in [0.1, 0.15) is 17.5 Å². The maximum Gasteiger partial charge on any atom is 0.130 e. The molecule has 0 heterocycles. The van der Waals surface area contributed by atoms with E-state index in [0.717, 1.165) is 11.6 Å². The molecule has 0 unspecified atom stereocenters. The minimum absolute atomic E-state index is 0.216. The smallest absolute Gasteiger partial charge is 0.130 e. The van der Waals surface area contributed by atoms with E-state index in [1.807, 2.05) is 4.90 Å². The van der Waals surface area contributed by atoms with E-state index >= 15 is 0 Å². The third-order valence-electron chi connectivity index (χ3n) is 3.34. The Labute approximate surface area is 134 Å². The van der Waals surface area contributed by atoms with Crippen LogP contribution in [0.4, 0.5) is 13.2 Å². The second-order valence-electron chi connectivity index (χ2n) is 6.32. The van der Waals surface area contributed by atoms with E-state index < -0.39 is 17.2 Å². The standard InChI is InChI=1S/C18H20F3NO/c1-18(2,23)12-22(10-13-3-6-15(19)7-4-13)11-14-5-8-16(20)9-17(14)21/h3-9,23H,10-12H2,1-2H3. The molecule has 0 saturated heterocycles. The molecule has 0 amide bonds. The van der Waals surface area contributed by atoms with E-state index in [1.165, 1.54) is 24.3 Å². The van der Waals surface area contributed by atoms with Gasteiger partial charge in [-0.1, -0.05) is 18.2 Å². The number of benzene rings is 2. The number of hydrogen-bond acceptors (Lipinski definition) is 2. The Balaban J connectivity index is 2.18. The van der Waals surface area contributed by atoms with Crippen molar-refractivity contribution in [3.05, 3.63) is 71.0 Å². The average Bonchev–Trinajstić information content (AvgIpc) is 2.43. The first-order valence-corrected chi connectivity index (χ1v) is 7.36. The summed E-state index contributed by atoms with van der Waals surface area (Å²) >= 11 is 0. The van der Waals surface area contributed by atoms with Crippen LogP contribution < -0.4 is 0 Å². The summed E-state index contributed by atoms with van der Waals surface area (Å²) < 4.78 is 39.9. The molecule has 0 aliphatic rings. The Morgan fingerprint density at radius 1 is 0.913 bits per heavy atom. The van der Waals surface area contributed by atoms with E-state index in [0.29, 0.717) is 18.7 Å². The minimum atomic E-state index is -0.976. The molecule has 2 aromatic rings. The molecule has 0 spiro atoms. The van der Waals surface area contributed by atoms with Crippen LogP contribution in [-0.4, -0.2) is 22.2 Å². The quantitative estimate of drug-likeness (QED) is 0.872. The monoisotopic (exact) mass is 323 g/mol. The minimum Gasteiger partial charge on any atom is -0.389 e. The van der Waals surface area contributed by atoms with Crippen LogP contribution in [0.15, 0.2) is 42.5 Å². The molecule has 23 heavy (non-hydrogen) atoms. The van der Waals surface area contributed by atoms with Crippen molar-refractivity contribution < 1.29 is 18.3 Å². The zero-order valence-electron chi connectivity index (χ0n) is 13.2. The second kappa shape index (κ2) is 7.15. The fraction of sp³-hybridized carbons (Fsp3) is 0.333. The van der Waals surface area contributed by atoms with Gasteiger partial charge in [-0.05, 0) is 37.6 Å². The lowest BCUT2D eigenvalue weighted by Gasteiger charge is -2.29. The summed E-state index contributed by atoms with van der Waals surface area (Å²) in [6, 6.07) is 9.45. The van der Waals surface area contributed by atoms with Crippen molar-refractivity contribution in [3.63, 3.8) is 0 Å². The molecule has 5 heteroatoms. The van der Waals surface area contributed by atoms with Gasteiger partial charge in [0.15, 0.2) is 0 Å². The molecule has 2 aromatic carbocycles. The lowest BCUT2D eigenvalue weighted by molar-refractivity contribution is 0.0303. The van der Waals surface area contributed by atoms with Crippen molar-refractivity contribution in [1.29, 1.82) is 0 Å². The predicted octanol–water partition coefficient (Wildman–Crippen LogP) is 3.88. The Morgan fingerprint density at radius 3 is 2.09 bits per heavy atom. The molecule has 0 fully saturated rings. The topological polar surface area (TPSA) is 23.5 Å². The molecular formula is C18H20F3NO. The van der Waals surface area contributed by atoms with Gasteiger partial charge in [-0.15, -0.1) is 0 Å². The van der Waals surface area contributed by atoms with Gasteiger partial charge in [0.25, 0.3) is 0 Å². The van der Waals surface area contributed by atoms with Crippen LogP contribution in [0.1, 0.15) is 25.0 Å². The first-order valence-electron chi connectivity index (χ1n) is 7.36. The van der Waals surface area contributed by atoms with Crippen molar-refractivity contribution in [3.8, 4) is 0 Å². The van der Waals surface area contributed by atoms with Crippen LogP contribution >= 0.6 is 0 Å². The summed E-state index contributed by atoms with van der Waals surface area (Å²) in [5.41, 5.74) is 0.215. The summed E-state index contributed by atoms with van der Waals surface area (Å²) in [6.45, 7) is 4.24. The van der Waals surface area contributed by atoms with Crippen LogP contribution in [0, 0.1) is 17.5 Å². The summed E-state index contributed by atoms with van der Waals surface area (Å²) in [5, 5.41) is 10.0. The predicted molar refractivity (Wildman–Crippen MR) is 83.2 cm³/mol. The van der Waals surface area contributed by atoms with Gasteiger partial charge < -0.3 is 5.11 Å². The van der Waals surface area contributed by atoms with Gasteiger partial charge in [0.05, 0.1) is 5.60 Å². The molecule has 2 rings (SSSR count). The van der Waals surface area contributed by atoms with E-state index in [9.17, 15) is 18.3 Å². The Morgan fingerprint density at radius 2 is 1.52 bits per heavy atom. The SMILES string of the molecule is CC(C)(O)CN(Cc1ccc(F)cc1)Cc1ccc(F)cc1F. The molecule has 124 valence electrons. The molecule has 0 aromatic heterocycles. The van der Waals surface area contributed by atoms with Crippen molar-refractivity contribution in [2.75, 3.05) is 6.54 Å². The van der Waals surface area contributed by atoms with E-state index in [-0.39, 0.29) is 12.4 Å². The highest BCUT2D eigenvalue weighted by Crippen LogP contribution is 2.17. The molecule has 0 aliphatic carbocycles. The van der Waals surface area contributed by atoms with Gasteiger partial charge >= 0.3 is 0 Å². The van der Waals surface area contributed by atoms with Gasteiger partial charge in [-0.2, -0.15) is 0 Å². The van der Waals surface area contributed by atoms with Crippen LogP contribution in [-0.2, 0) is 13.1 Å². The largest absolute Gasteiger partial charge is 0.389 e. The second-order valence-corrected chi connectivity index (χ2v) is 6.32. The summed E-state index contributed by atoms with van der Waals surface area (Å²) in [4.78, 5) is 1.84. The number of nitrogens with zero attached hydrogens (tertiary/aromatic N) is 1. The van der Waals surface area contributed by atoms with Crippen molar-refractivity contribution in [2.24, 2.45) is 0 Å². The van der Waals surface area contributed by atoms with Gasteiger partial charge in [0.2, 0.25) is 0 Å². The van der Waals surface area contributed by atoms with Gasteiger partial charge in [-0.3, -0.25) is 4.90 Å². The first kappa shape index (κ1) is 17.5. The van der Waals surface area contributed by atoms with E-state index in [1.54, 1.807) is 26.0 Å². The normalized spacial score (nSPS) is 12.0. The van der Waals surface area contributed by atoms with Gasteiger partial charge in [-0.25, -0.2) is 13.2 Å². The first-order chi connectivity index (χ1) is 10.7. The van der Waals surface area contributed by atoms with Crippen molar-refractivity contribution in [1.82, 2.24) is 4.90 Å². The number of aliphatic hydroxyl groups is 1. The maximum atomic E-state index is 13.9. The fourth-order valence-corrected chi connectivity index (χ4v) is 2.45. The highest BCUT2D eigenvalue weighted by molar-refractivity contribution is 5.20. The summed E-state index contributed by atoms with van der Waals surface area (Å²) in [7, 11) is 0. The molecule has 0 bridgehead atoms. The van der Waals surface area contributed by atoms with Crippen LogP contribution in [0.2, 0.25) is 0 Å². The van der Waals surface area contributed by atoms with Crippen molar-refractivity contribution in [2.45, 2.75) is 32.5 Å². The van der Waals surface area contributed by atoms with Crippen LogP contribution in [0.5, 0.6) is 0 Å². The van der Waals surface area contributed by atoms with Gasteiger partial charge in [0, 0.05) is 31.3 Å².